The number of benzene rings is 1. The average molecular weight is 321 g/mol. The molecule has 2 rings (SSSR count). The smallest absolute Gasteiger partial charge is 0.220 e. The summed E-state index contributed by atoms with van der Waals surface area (Å²) in [5.41, 5.74) is 0.288. The van der Waals surface area contributed by atoms with Crippen LogP contribution in [0.2, 0.25) is 0 Å². The van der Waals surface area contributed by atoms with Gasteiger partial charge in [0.2, 0.25) is 5.91 Å². The van der Waals surface area contributed by atoms with E-state index in [2.05, 4.69) is 5.32 Å². The van der Waals surface area contributed by atoms with Gasteiger partial charge in [0, 0.05) is 46.8 Å². The fourth-order valence-electron chi connectivity index (χ4n) is 2.72. The van der Waals surface area contributed by atoms with Crippen molar-refractivity contribution in [3.05, 3.63) is 35.9 Å². The second-order valence-corrected chi connectivity index (χ2v) is 8.29. The highest BCUT2D eigenvalue weighted by molar-refractivity contribution is 7.85. The highest BCUT2D eigenvalue weighted by Crippen LogP contribution is 2.27. The van der Waals surface area contributed by atoms with Crippen molar-refractivity contribution < 1.29 is 13.8 Å². The monoisotopic (exact) mass is 321 g/mol. The molecule has 1 saturated heterocycles. The topological polar surface area (TPSA) is 63.2 Å². The molecule has 0 saturated carbocycles. The molecule has 1 aromatic carbocycles. The molecule has 1 aliphatic heterocycles. The summed E-state index contributed by atoms with van der Waals surface area (Å²) in [6.45, 7) is 3.86. The molecule has 1 fully saturated rings. The minimum Gasteiger partial charge on any atom is -0.352 e. The van der Waals surface area contributed by atoms with Gasteiger partial charge in [0.25, 0.3) is 0 Å². The zero-order valence-electron chi connectivity index (χ0n) is 13.1. The number of Topliss-reactive ketones (excluding diaryl/α,β-unsaturated/α-hetero) is 1. The quantitative estimate of drug-likeness (QED) is 0.818. The van der Waals surface area contributed by atoms with Crippen LogP contribution in [0.25, 0.3) is 0 Å². The third-order valence-electron chi connectivity index (χ3n) is 3.82. The largest absolute Gasteiger partial charge is 0.352 e. The second kappa shape index (κ2) is 7.18. The summed E-state index contributed by atoms with van der Waals surface area (Å²) >= 11 is 0. The molecule has 120 valence electrons. The van der Waals surface area contributed by atoms with Gasteiger partial charge in [0.1, 0.15) is 0 Å². The maximum absolute atomic E-state index is 12.3. The first-order valence-electron chi connectivity index (χ1n) is 7.58. The first-order chi connectivity index (χ1) is 10.4. The van der Waals surface area contributed by atoms with Crippen LogP contribution in [0.3, 0.4) is 0 Å². The lowest BCUT2D eigenvalue weighted by atomic mass is 9.82. The molecule has 5 heteroatoms. The normalized spacial score (nSPS) is 21.5. The Bertz CT molecular complexity index is 569. The highest BCUT2D eigenvalue weighted by Gasteiger charge is 2.28. The third-order valence-corrected chi connectivity index (χ3v) is 5.29. The number of hydrogen-bond acceptors (Lipinski definition) is 3. The van der Waals surface area contributed by atoms with E-state index in [1.165, 1.54) is 0 Å². The number of rotatable bonds is 6. The van der Waals surface area contributed by atoms with Crippen molar-refractivity contribution in [1.82, 2.24) is 5.32 Å². The molecular formula is C17H23NO3S. The van der Waals surface area contributed by atoms with Gasteiger partial charge in [0.15, 0.2) is 5.78 Å². The van der Waals surface area contributed by atoms with Crippen molar-refractivity contribution in [3.63, 3.8) is 0 Å². The molecule has 0 spiro atoms. The first kappa shape index (κ1) is 16.9. The molecule has 0 aromatic heterocycles. The van der Waals surface area contributed by atoms with Crippen molar-refractivity contribution in [2.45, 2.75) is 39.2 Å². The molecule has 22 heavy (non-hydrogen) atoms. The maximum atomic E-state index is 12.3. The van der Waals surface area contributed by atoms with Crippen molar-refractivity contribution in [2.75, 3.05) is 11.5 Å². The summed E-state index contributed by atoms with van der Waals surface area (Å²) in [5.74, 6) is 1.21. The van der Waals surface area contributed by atoms with Gasteiger partial charge in [0.05, 0.1) is 0 Å². The Morgan fingerprint density at radius 3 is 2.50 bits per heavy atom. The fraction of sp³-hybridized carbons (Fsp3) is 0.529. The zero-order chi connectivity index (χ0) is 16.2. The predicted octanol–water partition coefficient (Wildman–Crippen LogP) is 2.31. The fourth-order valence-corrected chi connectivity index (χ4v) is 4.13. The van der Waals surface area contributed by atoms with Crippen LogP contribution in [-0.4, -0.2) is 33.4 Å². The summed E-state index contributed by atoms with van der Waals surface area (Å²) in [6, 6.07) is 9.17. The molecule has 0 aliphatic carbocycles. The van der Waals surface area contributed by atoms with E-state index in [0.717, 1.165) is 6.42 Å². The van der Waals surface area contributed by atoms with Gasteiger partial charge in [-0.05, 0) is 11.8 Å². The molecule has 2 atom stereocenters. The lowest BCUT2D eigenvalue weighted by Crippen LogP contribution is -2.38. The van der Waals surface area contributed by atoms with E-state index in [1.54, 1.807) is 12.1 Å². The summed E-state index contributed by atoms with van der Waals surface area (Å²) in [7, 11) is -0.795. The number of nitrogens with one attached hydrogen (secondary N) is 1. The van der Waals surface area contributed by atoms with Gasteiger partial charge in [-0.25, -0.2) is 0 Å². The average Bonchev–Trinajstić information content (AvgIpc) is 2.83. The zero-order valence-corrected chi connectivity index (χ0v) is 13.9. The van der Waals surface area contributed by atoms with Crippen LogP contribution in [0, 0.1) is 5.41 Å². The molecular weight excluding hydrogens is 298 g/mol. The number of carbonyl (C=O) groups is 2. The Hall–Kier alpha value is -1.49. The molecule has 1 aromatic rings. The third kappa shape index (κ3) is 5.05. The molecule has 1 heterocycles. The maximum Gasteiger partial charge on any atom is 0.220 e. The van der Waals surface area contributed by atoms with Crippen molar-refractivity contribution in [1.29, 1.82) is 0 Å². The van der Waals surface area contributed by atoms with Gasteiger partial charge < -0.3 is 5.32 Å². The Morgan fingerprint density at radius 2 is 1.91 bits per heavy atom. The standard InChI is InChI=1S/C17H23NO3S/c1-17(2,10-15(19)13-6-4-3-5-7-13)11-16(20)18-14-8-9-22(21)12-14/h3-7,14H,8-12H2,1-2H3,(H,18,20)/t14-,22-/m0/s1. The van der Waals surface area contributed by atoms with Crippen LogP contribution < -0.4 is 5.32 Å². The van der Waals surface area contributed by atoms with E-state index in [-0.39, 0.29) is 17.7 Å². The van der Waals surface area contributed by atoms with Crippen LogP contribution in [0.5, 0.6) is 0 Å². The lowest BCUT2D eigenvalue weighted by Gasteiger charge is -2.24. The van der Waals surface area contributed by atoms with Crippen LogP contribution in [0.1, 0.15) is 43.5 Å². The van der Waals surface area contributed by atoms with E-state index in [1.807, 2.05) is 32.0 Å². The summed E-state index contributed by atoms with van der Waals surface area (Å²) in [4.78, 5) is 24.4. The van der Waals surface area contributed by atoms with Crippen molar-refractivity contribution in [2.24, 2.45) is 5.41 Å². The lowest BCUT2D eigenvalue weighted by molar-refractivity contribution is -0.123. The molecule has 1 N–H and O–H groups in total. The van der Waals surface area contributed by atoms with Gasteiger partial charge >= 0.3 is 0 Å². The van der Waals surface area contributed by atoms with Gasteiger partial charge in [-0.3, -0.25) is 13.8 Å². The molecule has 0 radical (unpaired) electrons. The number of hydrogen-bond donors (Lipinski definition) is 1. The Morgan fingerprint density at radius 1 is 1.23 bits per heavy atom. The summed E-state index contributed by atoms with van der Waals surface area (Å²) < 4.78 is 11.3. The van der Waals surface area contributed by atoms with Crippen LogP contribution in [0.4, 0.5) is 0 Å². The first-order valence-corrected chi connectivity index (χ1v) is 9.07. The summed E-state index contributed by atoms with van der Waals surface area (Å²) in [6.07, 6.45) is 1.41. The van der Waals surface area contributed by atoms with Gasteiger partial charge in [-0.1, -0.05) is 44.2 Å². The van der Waals surface area contributed by atoms with E-state index in [9.17, 15) is 13.8 Å². The Labute approximate surface area is 134 Å². The van der Waals surface area contributed by atoms with Gasteiger partial charge in [-0.2, -0.15) is 0 Å². The number of carbonyl (C=O) groups excluding carboxylic acids is 2. The SMILES string of the molecule is CC(C)(CC(=O)N[C@H]1CC[S@](=O)C1)CC(=O)c1ccccc1. The highest BCUT2D eigenvalue weighted by atomic mass is 32.2. The van der Waals surface area contributed by atoms with E-state index < -0.39 is 16.2 Å². The second-order valence-electron chi connectivity index (χ2n) is 6.67. The van der Waals surface area contributed by atoms with Crippen LogP contribution >= 0.6 is 0 Å². The molecule has 1 aliphatic rings. The Balaban J connectivity index is 1.86. The number of ketones is 1. The predicted molar refractivity (Wildman–Crippen MR) is 88.2 cm³/mol. The van der Waals surface area contributed by atoms with E-state index >= 15 is 0 Å². The van der Waals surface area contributed by atoms with Crippen LogP contribution in [0.15, 0.2) is 30.3 Å². The van der Waals surface area contributed by atoms with Crippen molar-refractivity contribution in [3.8, 4) is 0 Å². The van der Waals surface area contributed by atoms with Crippen molar-refractivity contribution >= 4 is 22.5 Å². The minimum atomic E-state index is -0.795. The molecule has 0 bridgehead atoms. The summed E-state index contributed by atoms with van der Waals surface area (Å²) in [5, 5.41) is 2.94. The molecule has 1 amide bonds. The van der Waals surface area contributed by atoms with E-state index in [0.29, 0.717) is 29.9 Å². The van der Waals surface area contributed by atoms with Crippen LogP contribution in [-0.2, 0) is 15.6 Å². The minimum absolute atomic E-state index is 0.0222. The molecule has 0 unspecified atom stereocenters. The van der Waals surface area contributed by atoms with E-state index in [4.69, 9.17) is 0 Å². The van der Waals surface area contributed by atoms with Gasteiger partial charge in [-0.15, -0.1) is 0 Å². The Kier molecular flexibility index (Phi) is 5.51. The number of amides is 1. The molecule has 4 nitrogen and oxygen atoms in total.